The lowest BCUT2D eigenvalue weighted by Gasteiger charge is -2.38. The Morgan fingerprint density at radius 3 is 2.92 bits per heavy atom. The van der Waals surface area contributed by atoms with Gasteiger partial charge in [-0.2, -0.15) is 5.10 Å². The number of aryl methyl sites for hydroxylation is 1. The number of nitrogens with one attached hydrogen (secondary N) is 1. The van der Waals surface area contributed by atoms with E-state index in [1.807, 2.05) is 0 Å². The predicted molar refractivity (Wildman–Crippen MR) is 88.3 cm³/mol. The lowest BCUT2D eigenvalue weighted by molar-refractivity contribution is -0.135. The van der Waals surface area contributed by atoms with E-state index in [-0.39, 0.29) is 18.7 Å². The molecule has 25 heavy (non-hydrogen) atoms. The van der Waals surface area contributed by atoms with Crippen LogP contribution in [0.2, 0.25) is 0 Å². The van der Waals surface area contributed by atoms with Crippen molar-refractivity contribution < 1.29 is 18.4 Å². The van der Waals surface area contributed by atoms with E-state index in [1.165, 1.54) is 11.1 Å². The van der Waals surface area contributed by atoms with Crippen LogP contribution in [-0.4, -0.2) is 51.5 Å². The molecule has 0 spiro atoms. The minimum atomic E-state index is -3.09. The molecule has 0 unspecified atom stereocenters. The monoisotopic (exact) mass is 348 g/mol. The molecule has 132 valence electrons. The molecule has 0 bridgehead atoms. The highest BCUT2D eigenvalue weighted by Crippen LogP contribution is 2.29. The van der Waals surface area contributed by atoms with Gasteiger partial charge in [-0.25, -0.2) is 8.78 Å². The highest BCUT2D eigenvalue weighted by atomic mass is 19.3. The molecule has 2 heterocycles. The fourth-order valence-electron chi connectivity index (χ4n) is 3.00. The lowest BCUT2D eigenvalue weighted by Crippen LogP contribution is -2.59. The number of carbonyl (C=O) groups is 2. The first kappa shape index (κ1) is 17.1. The number of alkyl halides is 2. The molecular weight excluding hydrogens is 330 g/mol. The standard InChI is InChI=1S/C17H18F2N4O2/c1-3-15(24)23-8-7-17(18,19)14(10-23)21-16(25)11-5-4-6-13-12(11)9-20-22(13)2/h3-6,9,14H,1,7-8,10H2,2H3,(H,21,25)/t14-/m1/s1. The Morgan fingerprint density at radius 1 is 1.44 bits per heavy atom. The van der Waals surface area contributed by atoms with Gasteiger partial charge in [0.05, 0.1) is 17.3 Å². The van der Waals surface area contributed by atoms with E-state index in [0.717, 1.165) is 11.6 Å². The molecule has 0 saturated carbocycles. The van der Waals surface area contributed by atoms with Crippen molar-refractivity contribution in [1.82, 2.24) is 20.0 Å². The molecule has 0 aliphatic carbocycles. The van der Waals surface area contributed by atoms with Gasteiger partial charge in [-0.15, -0.1) is 0 Å². The fourth-order valence-corrected chi connectivity index (χ4v) is 3.00. The summed E-state index contributed by atoms with van der Waals surface area (Å²) in [4.78, 5) is 25.5. The summed E-state index contributed by atoms with van der Waals surface area (Å²) in [5, 5.41) is 7.05. The zero-order chi connectivity index (χ0) is 18.2. The van der Waals surface area contributed by atoms with Crippen molar-refractivity contribution in [2.24, 2.45) is 7.05 Å². The van der Waals surface area contributed by atoms with Gasteiger partial charge >= 0.3 is 0 Å². The van der Waals surface area contributed by atoms with E-state index in [0.29, 0.717) is 5.39 Å². The molecule has 1 atom stereocenters. The number of hydrogen-bond acceptors (Lipinski definition) is 3. The zero-order valence-electron chi connectivity index (χ0n) is 13.7. The molecule has 1 fully saturated rings. The van der Waals surface area contributed by atoms with Gasteiger partial charge in [0, 0.05) is 31.9 Å². The summed E-state index contributed by atoms with van der Waals surface area (Å²) < 4.78 is 30.0. The average Bonchev–Trinajstić information content (AvgIpc) is 2.97. The minimum absolute atomic E-state index is 0.0671. The topological polar surface area (TPSA) is 67.2 Å². The third kappa shape index (κ3) is 3.11. The molecule has 2 aromatic rings. The molecule has 1 aliphatic rings. The maximum atomic E-state index is 14.2. The second-order valence-electron chi connectivity index (χ2n) is 6.03. The number of hydrogen-bond donors (Lipinski definition) is 1. The van der Waals surface area contributed by atoms with E-state index in [1.54, 1.807) is 29.9 Å². The molecule has 1 N–H and O–H groups in total. The molecular formula is C17H18F2N4O2. The number of rotatable bonds is 3. The van der Waals surface area contributed by atoms with Gasteiger partial charge in [0.15, 0.2) is 0 Å². The summed E-state index contributed by atoms with van der Waals surface area (Å²) in [6.45, 7) is 3.04. The fraction of sp³-hybridized carbons (Fsp3) is 0.353. The van der Waals surface area contributed by atoms with Crippen LogP contribution in [0.3, 0.4) is 0 Å². The van der Waals surface area contributed by atoms with Crippen LogP contribution in [0.5, 0.6) is 0 Å². The molecule has 3 rings (SSSR count). The molecule has 2 amide bonds. The summed E-state index contributed by atoms with van der Waals surface area (Å²) in [7, 11) is 1.73. The molecule has 1 aromatic carbocycles. The van der Waals surface area contributed by atoms with E-state index < -0.39 is 30.2 Å². The van der Waals surface area contributed by atoms with Crippen molar-refractivity contribution in [2.45, 2.75) is 18.4 Å². The van der Waals surface area contributed by atoms with Gasteiger partial charge in [-0.05, 0) is 18.2 Å². The SMILES string of the molecule is C=CC(=O)N1CCC(F)(F)[C@H](NC(=O)c2cccc3c2cnn3C)C1. The number of piperidine rings is 1. The first-order chi connectivity index (χ1) is 11.8. The Balaban J connectivity index is 1.84. The quantitative estimate of drug-likeness (QED) is 0.859. The minimum Gasteiger partial charge on any atom is -0.341 e. The molecule has 1 saturated heterocycles. The number of benzene rings is 1. The van der Waals surface area contributed by atoms with Crippen molar-refractivity contribution in [3.05, 3.63) is 42.6 Å². The largest absolute Gasteiger partial charge is 0.341 e. The number of fused-ring (bicyclic) bond motifs is 1. The van der Waals surface area contributed by atoms with Crippen molar-refractivity contribution in [1.29, 1.82) is 0 Å². The van der Waals surface area contributed by atoms with Crippen LogP contribution in [0.15, 0.2) is 37.1 Å². The summed E-state index contributed by atoms with van der Waals surface area (Å²) in [5.41, 5.74) is 1.00. The third-order valence-corrected chi connectivity index (χ3v) is 4.46. The van der Waals surface area contributed by atoms with E-state index in [4.69, 9.17) is 0 Å². The van der Waals surface area contributed by atoms with E-state index in [9.17, 15) is 18.4 Å². The van der Waals surface area contributed by atoms with Crippen LogP contribution >= 0.6 is 0 Å². The van der Waals surface area contributed by atoms with Crippen LogP contribution in [0.4, 0.5) is 8.78 Å². The van der Waals surface area contributed by atoms with Crippen LogP contribution in [0.25, 0.3) is 10.9 Å². The second-order valence-corrected chi connectivity index (χ2v) is 6.03. The highest BCUT2D eigenvalue weighted by Gasteiger charge is 2.45. The first-order valence-corrected chi connectivity index (χ1v) is 7.84. The summed E-state index contributed by atoms with van der Waals surface area (Å²) >= 11 is 0. The third-order valence-electron chi connectivity index (χ3n) is 4.46. The van der Waals surface area contributed by atoms with Gasteiger partial charge < -0.3 is 10.2 Å². The molecule has 6 nitrogen and oxygen atoms in total. The van der Waals surface area contributed by atoms with E-state index >= 15 is 0 Å². The number of aromatic nitrogens is 2. The first-order valence-electron chi connectivity index (χ1n) is 7.84. The van der Waals surface area contributed by atoms with Crippen LogP contribution in [0, 0.1) is 0 Å². The average molecular weight is 348 g/mol. The van der Waals surface area contributed by atoms with E-state index in [2.05, 4.69) is 17.0 Å². The van der Waals surface area contributed by atoms with Gasteiger partial charge in [0.25, 0.3) is 11.8 Å². The Bertz CT molecular complexity index is 846. The predicted octanol–water partition coefficient (Wildman–Crippen LogP) is 1.73. The Hall–Kier alpha value is -2.77. The maximum Gasteiger partial charge on any atom is 0.271 e. The Kier molecular flexibility index (Phi) is 4.28. The number of halogens is 2. The van der Waals surface area contributed by atoms with Gasteiger partial charge in [-0.1, -0.05) is 12.6 Å². The molecule has 0 radical (unpaired) electrons. The van der Waals surface area contributed by atoms with Gasteiger partial charge in [0.2, 0.25) is 5.91 Å². The zero-order valence-corrected chi connectivity index (χ0v) is 13.7. The summed E-state index contributed by atoms with van der Waals surface area (Å²) in [6.07, 6.45) is 2.10. The van der Waals surface area contributed by atoms with Crippen molar-refractivity contribution in [3.8, 4) is 0 Å². The molecule has 1 aromatic heterocycles. The van der Waals surface area contributed by atoms with Gasteiger partial charge in [-0.3, -0.25) is 14.3 Å². The van der Waals surface area contributed by atoms with Crippen molar-refractivity contribution in [3.63, 3.8) is 0 Å². The Labute approximate surface area is 143 Å². The van der Waals surface area contributed by atoms with Crippen molar-refractivity contribution >= 4 is 22.7 Å². The summed E-state index contributed by atoms with van der Waals surface area (Å²) in [6, 6.07) is 3.57. The number of amides is 2. The summed E-state index contributed by atoms with van der Waals surface area (Å²) in [5.74, 6) is -4.13. The second kappa shape index (κ2) is 6.27. The van der Waals surface area contributed by atoms with Crippen LogP contribution in [0.1, 0.15) is 16.8 Å². The number of nitrogens with zero attached hydrogens (tertiary/aromatic N) is 3. The van der Waals surface area contributed by atoms with Crippen LogP contribution < -0.4 is 5.32 Å². The van der Waals surface area contributed by atoms with Crippen molar-refractivity contribution in [2.75, 3.05) is 13.1 Å². The lowest BCUT2D eigenvalue weighted by atomic mass is 10.00. The van der Waals surface area contributed by atoms with Gasteiger partial charge in [0.1, 0.15) is 6.04 Å². The number of carbonyl (C=O) groups excluding carboxylic acids is 2. The number of likely N-dealkylation sites (tertiary alicyclic amines) is 1. The smallest absolute Gasteiger partial charge is 0.271 e. The van der Waals surface area contributed by atoms with Crippen LogP contribution in [-0.2, 0) is 11.8 Å². The Morgan fingerprint density at radius 2 is 2.20 bits per heavy atom. The normalized spacial score (nSPS) is 19.6. The molecule has 8 heteroatoms. The highest BCUT2D eigenvalue weighted by molar-refractivity contribution is 6.06. The molecule has 1 aliphatic heterocycles. The maximum absolute atomic E-state index is 14.2.